The van der Waals surface area contributed by atoms with Gasteiger partial charge in [0.05, 0.1) is 24.2 Å². The average Bonchev–Trinajstić information content (AvgIpc) is 3.18. The maximum Gasteiger partial charge on any atom is 0.350 e. The summed E-state index contributed by atoms with van der Waals surface area (Å²) in [5.74, 6) is 11.9. The molecule has 8 heteroatoms. The van der Waals surface area contributed by atoms with Gasteiger partial charge in [-0.1, -0.05) is 18.8 Å². The second-order valence-electron chi connectivity index (χ2n) is 9.28. The lowest BCUT2D eigenvalue weighted by atomic mass is 9.82. The maximum absolute atomic E-state index is 13.7. The van der Waals surface area contributed by atoms with Gasteiger partial charge >= 0.3 is 5.97 Å². The van der Waals surface area contributed by atoms with Gasteiger partial charge in [0.2, 0.25) is 5.91 Å². The van der Waals surface area contributed by atoms with Crippen LogP contribution in [0.25, 0.3) is 0 Å². The van der Waals surface area contributed by atoms with Crippen LogP contribution in [0.15, 0.2) is 18.0 Å². The van der Waals surface area contributed by atoms with E-state index in [1.165, 1.54) is 18.4 Å². The molecule has 0 aromatic carbocycles. The number of hydrazine groups is 1. The largest absolute Gasteiger partial charge is 0.465 e. The number of anilines is 1. The van der Waals surface area contributed by atoms with Crippen LogP contribution >= 0.6 is 11.3 Å². The third-order valence-electron chi connectivity index (χ3n) is 5.47. The second kappa shape index (κ2) is 11.4. The molecule has 1 saturated carbocycles. The number of hydrogen-bond donors (Lipinski definition) is 3. The molecule has 1 aromatic rings. The Morgan fingerprint density at radius 3 is 2.50 bits per heavy atom. The standard InChI is InChI=1S/C24H36N4O3S/c1-16-7-9-17(10-8-16)22(29)28(15-18(26-5)14-27-25)20-13-19(11-12-24(2,3)4)32-21(20)23(30)31-6/h13-14,16-17,26-27H,7-10,15,25H2,1-6H3/b18-14-. The number of esters is 1. The molecule has 0 atom stereocenters. The van der Waals surface area contributed by atoms with Crippen LogP contribution in [0.3, 0.4) is 0 Å². The van der Waals surface area contributed by atoms with E-state index in [9.17, 15) is 9.59 Å². The molecule has 1 aliphatic carbocycles. The van der Waals surface area contributed by atoms with Crippen molar-refractivity contribution in [3.05, 3.63) is 27.7 Å². The molecule has 7 nitrogen and oxygen atoms in total. The van der Waals surface area contributed by atoms with Gasteiger partial charge in [0.25, 0.3) is 0 Å². The van der Waals surface area contributed by atoms with Crippen LogP contribution in [-0.2, 0) is 9.53 Å². The van der Waals surface area contributed by atoms with Crippen molar-refractivity contribution in [2.24, 2.45) is 23.1 Å². The molecule has 1 fully saturated rings. The first-order valence-corrected chi connectivity index (χ1v) is 11.8. The predicted molar refractivity (Wildman–Crippen MR) is 130 cm³/mol. The van der Waals surface area contributed by atoms with E-state index in [0.29, 0.717) is 16.5 Å². The predicted octanol–water partition coefficient (Wildman–Crippen LogP) is 3.62. The lowest BCUT2D eigenvalue weighted by Crippen LogP contribution is -2.41. The Morgan fingerprint density at radius 2 is 1.97 bits per heavy atom. The molecular weight excluding hydrogens is 424 g/mol. The summed E-state index contributed by atoms with van der Waals surface area (Å²) in [6, 6.07) is 1.82. The maximum atomic E-state index is 13.7. The average molecular weight is 461 g/mol. The third-order valence-corrected chi connectivity index (χ3v) is 6.49. The summed E-state index contributed by atoms with van der Waals surface area (Å²) in [5.41, 5.74) is 3.58. The number of rotatable bonds is 7. The van der Waals surface area contributed by atoms with E-state index in [-0.39, 0.29) is 23.8 Å². The number of methoxy groups -OCH3 is 1. The Balaban J connectivity index is 2.53. The van der Waals surface area contributed by atoms with E-state index in [1.54, 1.807) is 18.1 Å². The SMILES string of the molecule is CN/C(=C\NN)CN(C(=O)C1CCC(C)CC1)c1cc(C#CC(C)(C)C)sc1C(=O)OC. The van der Waals surface area contributed by atoms with Crippen LogP contribution in [0.4, 0.5) is 5.69 Å². The number of nitrogens with zero attached hydrogens (tertiary/aromatic N) is 1. The minimum Gasteiger partial charge on any atom is -0.465 e. The van der Waals surface area contributed by atoms with Crippen molar-refractivity contribution in [1.82, 2.24) is 10.7 Å². The number of likely N-dealkylation sites (N-methyl/N-ethyl adjacent to an activating group) is 1. The third kappa shape index (κ3) is 7.01. The number of thiophene rings is 1. The monoisotopic (exact) mass is 460 g/mol. The molecule has 2 rings (SSSR count). The first-order chi connectivity index (χ1) is 15.1. The molecule has 1 aromatic heterocycles. The van der Waals surface area contributed by atoms with Gasteiger partial charge in [-0.3, -0.25) is 10.6 Å². The topological polar surface area (TPSA) is 96.7 Å². The smallest absolute Gasteiger partial charge is 0.350 e. The van der Waals surface area contributed by atoms with Gasteiger partial charge in [0.15, 0.2) is 0 Å². The van der Waals surface area contributed by atoms with Gasteiger partial charge in [0, 0.05) is 30.3 Å². The summed E-state index contributed by atoms with van der Waals surface area (Å²) >= 11 is 1.25. The summed E-state index contributed by atoms with van der Waals surface area (Å²) in [4.78, 5) is 29.1. The molecular formula is C24H36N4O3S. The zero-order chi connectivity index (χ0) is 23.9. The lowest BCUT2D eigenvalue weighted by molar-refractivity contribution is -0.123. The van der Waals surface area contributed by atoms with Crippen molar-refractivity contribution < 1.29 is 14.3 Å². The normalized spacial score (nSPS) is 18.9. The summed E-state index contributed by atoms with van der Waals surface area (Å²) in [6.07, 6.45) is 5.35. The zero-order valence-electron chi connectivity index (χ0n) is 20.0. The molecule has 1 amide bonds. The highest BCUT2D eigenvalue weighted by atomic mass is 32.1. The molecule has 0 unspecified atom stereocenters. The van der Waals surface area contributed by atoms with E-state index < -0.39 is 5.97 Å². The molecule has 0 aliphatic heterocycles. The van der Waals surface area contributed by atoms with Crippen LogP contribution in [0.5, 0.6) is 0 Å². The number of nitrogens with two attached hydrogens (primary N) is 1. The van der Waals surface area contributed by atoms with Crippen molar-refractivity contribution in [2.45, 2.75) is 53.4 Å². The highest BCUT2D eigenvalue weighted by molar-refractivity contribution is 7.15. The van der Waals surface area contributed by atoms with Crippen molar-refractivity contribution in [2.75, 3.05) is 25.6 Å². The summed E-state index contributed by atoms with van der Waals surface area (Å²) < 4.78 is 5.03. The summed E-state index contributed by atoms with van der Waals surface area (Å²) in [6.45, 7) is 8.55. The zero-order valence-corrected chi connectivity index (χ0v) is 20.8. The van der Waals surface area contributed by atoms with Gasteiger partial charge in [-0.25, -0.2) is 4.79 Å². The van der Waals surface area contributed by atoms with Gasteiger partial charge in [-0.05, 0) is 58.4 Å². The molecule has 0 spiro atoms. The molecule has 0 bridgehead atoms. The van der Waals surface area contributed by atoms with Gasteiger partial charge < -0.3 is 20.4 Å². The number of amides is 1. The van der Waals surface area contributed by atoms with Crippen LogP contribution in [-0.4, -0.2) is 32.6 Å². The van der Waals surface area contributed by atoms with Crippen LogP contribution in [0.2, 0.25) is 0 Å². The minimum absolute atomic E-state index is 0.00774. The Kier molecular flexibility index (Phi) is 9.17. The van der Waals surface area contributed by atoms with Crippen LogP contribution < -0.4 is 21.5 Å². The van der Waals surface area contributed by atoms with E-state index >= 15 is 0 Å². The fraction of sp³-hybridized carbons (Fsp3) is 0.583. The van der Waals surface area contributed by atoms with Crippen molar-refractivity contribution in [3.63, 3.8) is 0 Å². The Bertz CT molecular complexity index is 897. The quantitative estimate of drug-likeness (QED) is 0.249. The van der Waals surface area contributed by atoms with Gasteiger partial charge in [0.1, 0.15) is 4.88 Å². The van der Waals surface area contributed by atoms with E-state index in [1.807, 2.05) is 26.8 Å². The van der Waals surface area contributed by atoms with E-state index in [4.69, 9.17) is 10.6 Å². The molecule has 1 heterocycles. The molecule has 0 radical (unpaired) electrons. The van der Waals surface area contributed by atoms with E-state index in [2.05, 4.69) is 29.5 Å². The molecule has 32 heavy (non-hydrogen) atoms. The highest BCUT2D eigenvalue weighted by Crippen LogP contribution is 2.35. The number of carbonyl (C=O) groups excluding carboxylic acids is 2. The van der Waals surface area contributed by atoms with Gasteiger partial charge in [-0.15, -0.1) is 11.3 Å². The second-order valence-corrected chi connectivity index (χ2v) is 10.3. The molecule has 1 aliphatic rings. The lowest BCUT2D eigenvalue weighted by Gasteiger charge is -2.31. The molecule has 4 N–H and O–H groups in total. The first kappa shape index (κ1) is 25.8. The van der Waals surface area contributed by atoms with Gasteiger partial charge in [-0.2, -0.15) is 0 Å². The summed E-state index contributed by atoms with van der Waals surface area (Å²) in [7, 11) is 3.11. The Morgan fingerprint density at radius 1 is 1.31 bits per heavy atom. The number of hydrogen-bond acceptors (Lipinski definition) is 7. The van der Waals surface area contributed by atoms with E-state index in [0.717, 1.165) is 36.3 Å². The molecule has 0 saturated heterocycles. The fourth-order valence-corrected chi connectivity index (χ4v) is 4.54. The number of nitrogens with one attached hydrogen (secondary N) is 2. The molecule has 176 valence electrons. The number of carbonyl (C=O) groups is 2. The number of ether oxygens (including phenoxy) is 1. The van der Waals surface area contributed by atoms with Crippen LogP contribution in [0, 0.1) is 29.1 Å². The Labute approximate surface area is 195 Å². The Hall–Kier alpha value is -2.50. The van der Waals surface area contributed by atoms with Crippen molar-refractivity contribution in [3.8, 4) is 11.8 Å². The minimum atomic E-state index is -0.476. The first-order valence-electron chi connectivity index (χ1n) is 11.0. The summed E-state index contributed by atoms with van der Waals surface area (Å²) in [5, 5.41) is 3.07. The van der Waals surface area contributed by atoms with Crippen molar-refractivity contribution >= 4 is 28.9 Å². The highest BCUT2D eigenvalue weighted by Gasteiger charge is 2.32. The van der Waals surface area contributed by atoms with Crippen molar-refractivity contribution in [1.29, 1.82) is 0 Å². The fourth-order valence-electron chi connectivity index (χ4n) is 3.61. The van der Waals surface area contributed by atoms with Crippen LogP contribution in [0.1, 0.15) is 67.9 Å².